The van der Waals surface area contributed by atoms with E-state index in [1.807, 2.05) is 6.08 Å². The molecule has 0 unspecified atom stereocenters. The lowest BCUT2D eigenvalue weighted by molar-refractivity contribution is -0.137. The van der Waals surface area contributed by atoms with Crippen LogP contribution >= 0.6 is 0 Å². The van der Waals surface area contributed by atoms with Crippen molar-refractivity contribution in [3.8, 4) is 0 Å². The molecule has 4 aliphatic carbocycles. The number of carbonyl (C=O) groups is 2. The van der Waals surface area contributed by atoms with E-state index in [0.29, 0.717) is 12.3 Å². The van der Waals surface area contributed by atoms with Gasteiger partial charge in [0.1, 0.15) is 6.61 Å². The van der Waals surface area contributed by atoms with Crippen molar-refractivity contribution in [2.24, 2.45) is 40.4 Å². The largest absolute Gasteiger partial charge is 0.393 e. The molecule has 2 N–H and O–H groups in total. The summed E-state index contributed by atoms with van der Waals surface area (Å²) in [6.45, 7) is 8.01. The van der Waals surface area contributed by atoms with E-state index in [9.17, 15) is 19.8 Å². The van der Waals surface area contributed by atoms with Gasteiger partial charge in [-0.15, -0.1) is 0 Å². The molecule has 0 amide bonds. The number of rotatable bonds is 2. The first-order valence-corrected chi connectivity index (χ1v) is 10.1. The summed E-state index contributed by atoms with van der Waals surface area (Å²) < 4.78 is 0. The van der Waals surface area contributed by atoms with E-state index in [1.165, 1.54) is 0 Å². The maximum Gasteiger partial charge on any atom is 0.178 e. The van der Waals surface area contributed by atoms with Crippen LogP contribution in [0.5, 0.6) is 0 Å². The average molecular weight is 370 g/mol. The number of carbonyl (C=O) groups excluding carboxylic acids is 2. The first-order chi connectivity index (χ1) is 12.6. The minimum atomic E-state index is -0.550. The summed E-state index contributed by atoms with van der Waals surface area (Å²) in [6.07, 6.45) is 8.53. The van der Waals surface area contributed by atoms with Crippen LogP contribution in [0.1, 0.15) is 40.5 Å². The van der Waals surface area contributed by atoms with E-state index in [4.69, 9.17) is 0 Å². The van der Waals surface area contributed by atoms with E-state index in [0.717, 1.165) is 17.6 Å². The van der Waals surface area contributed by atoms with Crippen molar-refractivity contribution >= 4 is 11.6 Å². The molecule has 0 aliphatic heterocycles. The van der Waals surface area contributed by atoms with Gasteiger partial charge in [0.2, 0.25) is 0 Å². The molecule has 0 radical (unpaired) electrons. The predicted molar refractivity (Wildman–Crippen MR) is 103 cm³/mol. The van der Waals surface area contributed by atoms with Crippen LogP contribution in [0.4, 0.5) is 0 Å². The van der Waals surface area contributed by atoms with Gasteiger partial charge in [-0.2, -0.15) is 0 Å². The number of aliphatic hydroxyl groups is 2. The Morgan fingerprint density at radius 3 is 2.70 bits per heavy atom. The van der Waals surface area contributed by atoms with Crippen LogP contribution < -0.4 is 0 Å². The zero-order valence-corrected chi connectivity index (χ0v) is 16.6. The second-order valence-corrected chi connectivity index (χ2v) is 9.73. The lowest BCUT2D eigenvalue weighted by Gasteiger charge is -2.57. The second kappa shape index (κ2) is 5.99. The Morgan fingerprint density at radius 2 is 2.04 bits per heavy atom. The molecule has 2 saturated carbocycles. The van der Waals surface area contributed by atoms with E-state index in [1.54, 1.807) is 12.2 Å². The van der Waals surface area contributed by atoms with Gasteiger partial charge < -0.3 is 10.2 Å². The van der Waals surface area contributed by atoms with Crippen LogP contribution in [0.3, 0.4) is 0 Å². The topological polar surface area (TPSA) is 74.6 Å². The Kier molecular flexibility index (Phi) is 4.17. The van der Waals surface area contributed by atoms with Crippen molar-refractivity contribution in [3.05, 3.63) is 35.5 Å². The molecule has 0 bridgehead atoms. The maximum absolute atomic E-state index is 12.5. The third-order valence-corrected chi connectivity index (χ3v) is 8.22. The normalized spacial score (nSPS) is 48.3. The van der Waals surface area contributed by atoms with Crippen LogP contribution in [0.25, 0.3) is 0 Å². The highest BCUT2D eigenvalue weighted by molar-refractivity contribution is 6.02. The highest BCUT2D eigenvalue weighted by Gasteiger charge is 2.63. The highest BCUT2D eigenvalue weighted by Crippen LogP contribution is 2.66. The SMILES string of the molecule is CC1=C[C@@H]2[C@H]([C@H](O)C[C@@]3(C)[C@H]2C[C@@H](C)[C@@H]3C(=O)CO)[C@@]2(C)C=CC(=O)C=C12. The molecule has 0 heterocycles. The van der Waals surface area contributed by atoms with Gasteiger partial charge in [-0.1, -0.05) is 38.5 Å². The van der Waals surface area contributed by atoms with Crippen molar-refractivity contribution in [1.82, 2.24) is 0 Å². The van der Waals surface area contributed by atoms with Crippen molar-refractivity contribution in [1.29, 1.82) is 0 Å². The quantitative estimate of drug-likeness (QED) is 0.784. The predicted octanol–water partition coefficient (Wildman–Crippen LogP) is 2.85. The molecule has 4 heteroatoms. The molecule has 0 saturated heterocycles. The molecular weight excluding hydrogens is 340 g/mol. The number of hydrogen-bond acceptors (Lipinski definition) is 4. The summed E-state index contributed by atoms with van der Waals surface area (Å²) in [7, 11) is 0. The fourth-order valence-corrected chi connectivity index (χ4v) is 7.35. The monoisotopic (exact) mass is 370 g/mol. The smallest absolute Gasteiger partial charge is 0.178 e. The number of aliphatic hydroxyl groups excluding tert-OH is 2. The molecule has 0 aromatic heterocycles. The summed E-state index contributed by atoms with van der Waals surface area (Å²) in [5.41, 5.74) is 1.47. The van der Waals surface area contributed by atoms with E-state index in [2.05, 4.69) is 33.8 Å². The first kappa shape index (κ1) is 18.8. The van der Waals surface area contributed by atoms with Crippen LogP contribution in [-0.2, 0) is 9.59 Å². The van der Waals surface area contributed by atoms with Crippen molar-refractivity contribution in [2.75, 3.05) is 6.61 Å². The number of ketones is 2. The van der Waals surface area contributed by atoms with Crippen molar-refractivity contribution in [2.45, 2.75) is 46.6 Å². The third kappa shape index (κ3) is 2.42. The fourth-order valence-electron chi connectivity index (χ4n) is 7.35. The van der Waals surface area contributed by atoms with Gasteiger partial charge in [0, 0.05) is 17.3 Å². The van der Waals surface area contributed by atoms with E-state index in [-0.39, 0.29) is 46.1 Å². The fraction of sp³-hybridized carbons (Fsp3) is 0.652. The molecular formula is C23H30O4. The summed E-state index contributed by atoms with van der Waals surface area (Å²) in [5, 5.41) is 20.8. The van der Waals surface area contributed by atoms with Gasteiger partial charge in [0.15, 0.2) is 11.6 Å². The molecule has 4 nitrogen and oxygen atoms in total. The van der Waals surface area contributed by atoms with Crippen LogP contribution in [0.2, 0.25) is 0 Å². The Hall–Kier alpha value is -1.52. The zero-order valence-electron chi connectivity index (χ0n) is 16.6. The lowest BCUT2D eigenvalue weighted by atomic mass is 9.47. The zero-order chi connectivity index (χ0) is 19.7. The molecule has 146 valence electrons. The van der Waals surface area contributed by atoms with Gasteiger partial charge in [-0.3, -0.25) is 9.59 Å². The minimum Gasteiger partial charge on any atom is -0.393 e. The van der Waals surface area contributed by atoms with Crippen molar-refractivity contribution in [3.63, 3.8) is 0 Å². The van der Waals surface area contributed by atoms with Crippen LogP contribution in [0.15, 0.2) is 35.5 Å². The summed E-state index contributed by atoms with van der Waals surface area (Å²) >= 11 is 0. The molecule has 4 aliphatic rings. The summed E-state index contributed by atoms with van der Waals surface area (Å²) in [4.78, 5) is 24.5. The van der Waals surface area contributed by atoms with E-state index < -0.39 is 12.7 Å². The van der Waals surface area contributed by atoms with Gasteiger partial charge >= 0.3 is 0 Å². The Labute approximate surface area is 161 Å². The second-order valence-electron chi connectivity index (χ2n) is 9.73. The first-order valence-electron chi connectivity index (χ1n) is 10.1. The highest BCUT2D eigenvalue weighted by atomic mass is 16.3. The minimum absolute atomic E-state index is 0.00468. The maximum atomic E-state index is 12.5. The molecule has 8 atom stereocenters. The average Bonchev–Trinajstić information content (AvgIpc) is 2.85. The third-order valence-electron chi connectivity index (χ3n) is 8.22. The van der Waals surface area contributed by atoms with Gasteiger partial charge in [0.25, 0.3) is 0 Å². The van der Waals surface area contributed by atoms with Crippen LogP contribution in [0, 0.1) is 40.4 Å². The number of Topliss-reactive ketones (excluding diaryl/α,β-unsaturated/α-hetero) is 1. The van der Waals surface area contributed by atoms with Gasteiger partial charge in [-0.05, 0) is 60.7 Å². The molecule has 0 aromatic carbocycles. The molecule has 2 fully saturated rings. The number of hydrogen-bond donors (Lipinski definition) is 2. The van der Waals surface area contributed by atoms with E-state index >= 15 is 0 Å². The lowest BCUT2D eigenvalue weighted by Crippen LogP contribution is -2.55. The van der Waals surface area contributed by atoms with Crippen LogP contribution in [-0.4, -0.2) is 34.5 Å². The standard InChI is InChI=1S/C23H30O4/c1-12-7-15-17-8-13(2)20(19(27)11-24)23(17,4)10-18(26)21(15)22(3)6-5-14(25)9-16(12)22/h5-7,9,13,15,17-18,20-21,24,26H,8,10-11H2,1-4H3/t13-,15+,17+,18-,20-,21-,22+,23+/m1/s1. The Morgan fingerprint density at radius 1 is 1.33 bits per heavy atom. The Balaban J connectivity index is 1.83. The summed E-state index contributed by atoms with van der Waals surface area (Å²) in [6, 6.07) is 0. The Bertz CT molecular complexity index is 790. The van der Waals surface area contributed by atoms with Gasteiger partial charge in [-0.25, -0.2) is 0 Å². The molecule has 0 aromatic rings. The van der Waals surface area contributed by atoms with Gasteiger partial charge in [0.05, 0.1) is 6.10 Å². The molecule has 27 heavy (non-hydrogen) atoms. The molecule has 4 rings (SSSR count). The summed E-state index contributed by atoms with van der Waals surface area (Å²) in [5.74, 6) is 0.373. The number of allylic oxidation sites excluding steroid dienone is 6. The van der Waals surface area contributed by atoms with Crippen molar-refractivity contribution < 1.29 is 19.8 Å². The number of fused-ring (bicyclic) bond motifs is 5. The molecule has 0 spiro atoms.